The van der Waals surface area contributed by atoms with Crippen molar-refractivity contribution in [2.75, 3.05) is 0 Å². The Balaban J connectivity index is 1.50. The van der Waals surface area contributed by atoms with Crippen LogP contribution in [0.4, 0.5) is 8.78 Å². The van der Waals surface area contributed by atoms with Gasteiger partial charge in [0.15, 0.2) is 5.82 Å². The van der Waals surface area contributed by atoms with Gasteiger partial charge < -0.3 is 5.32 Å². The number of nitrogens with zero attached hydrogens (tertiary/aromatic N) is 2. The van der Waals surface area contributed by atoms with Crippen LogP contribution in [-0.2, 0) is 6.54 Å². The van der Waals surface area contributed by atoms with Crippen molar-refractivity contribution in [2.45, 2.75) is 52.1 Å². The first-order valence-electron chi connectivity index (χ1n) is 10.1. The minimum Gasteiger partial charge on any atom is -0.310 e. The van der Waals surface area contributed by atoms with Crippen molar-refractivity contribution in [3.8, 4) is 22.5 Å². The molecule has 1 aromatic heterocycles. The molecule has 2 aromatic carbocycles. The lowest BCUT2D eigenvalue weighted by Gasteiger charge is -2.34. The van der Waals surface area contributed by atoms with Crippen molar-refractivity contribution in [2.24, 2.45) is 5.41 Å². The Bertz CT molecular complexity index is 949. The standard InChI is InChI=1S/C23H26F2N4/c1-23(2)8-6-18(7-9-23)26-13-19-20(24)11-17(12-21(19)25)15-4-3-5-16(10-15)22-27-14-28-29-22/h3-5,10-12,14,18,26H,6-9,13H2,1-2H3,(H,27,28,29). The highest BCUT2D eigenvalue weighted by atomic mass is 19.1. The molecule has 1 saturated carbocycles. The normalized spacial score (nSPS) is 16.8. The molecule has 1 aliphatic rings. The molecule has 0 atom stereocenters. The Morgan fingerprint density at radius 2 is 1.72 bits per heavy atom. The van der Waals surface area contributed by atoms with Gasteiger partial charge >= 0.3 is 0 Å². The zero-order valence-electron chi connectivity index (χ0n) is 16.8. The zero-order valence-corrected chi connectivity index (χ0v) is 16.8. The summed E-state index contributed by atoms with van der Waals surface area (Å²) in [4.78, 5) is 4.13. The van der Waals surface area contributed by atoms with E-state index in [4.69, 9.17) is 0 Å². The second kappa shape index (κ2) is 8.03. The first-order chi connectivity index (χ1) is 13.9. The SMILES string of the molecule is CC1(C)CCC(NCc2c(F)cc(-c3cccc(-c4ncn[nH]4)c3)cc2F)CC1. The monoisotopic (exact) mass is 396 g/mol. The van der Waals surface area contributed by atoms with E-state index in [0.29, 0.717) is 22.8 Å². The number of aromatic amines is 1. The third-order valence-electron chi connectivity index (χ3n) is 5.93. The van der Waals surface area contributed by atoms with Crippen LogP contribution in [0.3, 0.4) is 0 Å². The van der Waals surface area contributed by atoms with E-state index in [9.17, 15) is 8.78 Å². The molecule has 6 heteroatoms. The van der Waals surface area contributed by atoms with Crippen LogP contribution < -0.4 is 5.32 Å². The van der Waals surface area contributed by atoms with Crippen LogP contribution >= 0.6 is 0 Å². The third kappa shape index (κ3) is 4.53. The highest BCUT2D eigenvalue weighted by Crippen LogP contribution is 2.35. The summed E-state index contributed by atoms with van der Waals surface area (Å²) in [5.41, 5.74) is 2.52. The molecule has 152 valence electrons. The van der Waals surface area contributed by atoms with Gasteiger partial charge in [-0.25, -0.2) is 13.8 Å². The van der Waals surface area contributed by atoms with Crippen molar-refractivity contribution in [1.29, 1.82) is 0 Å². The maximum Gasteiger partial charge on any atom is 0.155 e. The molecule has 3 aromatic rings. The van der Waals surface area contributed by atoms with Gasteiger partial charge in [0.1, 0.15) is 18.0 Å². The molecule has 1 heterocycles. The van der Waals surface area contributed by atoms with Gasteiger partial charge in [0.25, 0.3) is 0 Å². The first kappa shape index (κ1) is 19.7. The minimum atomic E-state index is -0.520. The predicted octanol–water partition coefficient (Wildman–Crippen LogP) is 5.48. The van der Waals surface area contributed by atoms with E-state index in [1.807, 2.05) is 24.3 Å². The van der Waals surface area contributed by atoms with Crippen LogP contribution in [0.1, 0.15) is 45.1 Å². The van der Waals surface area contributed by atoms with Gasteiger partial charge in [-0.2, -0.15) is 5.10 Å². The highest BCUT2D eigenvalue weighted by Gasteiger charge is 2.26. The van der Waals surface area contributed by atoms with Gasteiger partial charge in [0, 0.05) is 23.7 Å². The van der Waals surface area contributed by atoms with Crippen molar-refractivity contribution in [1.82, 2.24) is 20.5 Å². The van der Waals surface area contributed by atoms with Crippen molar-refractivity contribution in [3.63, 3.8) is 0 Å². The molecule has 0 saturated heterocycles. The van der Waals surface area contributed by atoms with Gasteiger partial charge in [-0.05, 0) is 60.4 Å². The van der Waals surface area contributed by atoms with E-state index in [0.717, 1.165) is 36.8 Å². The molecule has 0 aliphatic heterocycles. The van der Waals surface area contributed by atoms with E-state index in [1.54, 1.807) is 0 Å². The number of nitrogens with one attached hydrogen (secondary N) is 2. The van der Waals surface area contributed by atoms with E-state index in [1.165, 1.54) is 18.5 Å². The number of halogens is 2. The van der Waals surface area contributed by atoms with Gasteiger partial charge in [0.2, 0.25) is 0 Å². The van der Waals surface area contributed by atoms with Crippen molar-refractivity contribution < 1.29 is 8.78 Å². The molecular weight excluding hydrogens is 370 g/mol. The summed E-state index contributed by atoms with van der Waals surface area (Å²) >= 11 is 0. The fourth-order valence-electron chi connectivity index (χ4n) is 3.98. The molecule has 0 bridgehead atoms. The average Bonchev–Trinajstić information content (AvgIpc) is 3.23. The van der Waals surface area contributed by atoms with Crippen molar-refractivity contribution in [3.05, 3.63) is 59.9 Å². The summed E-state index contributed by atoms with van der Waals surface area (Å²) < 4.78 is 29.5. The number of H-pyrrole nitrogens is 1. The number of rotatable bonds is 5. The smallest absolute Gasteiger partial charge is 0.155 e. The third-order valence-corrected chi connectivity index (χ3v) is 5.93. The molecule has 0 unspecified atom stereocenters. The fourth-order valence-corrected chi connectivity index (χ4v) is 3.98. The molecule has 4 nitrogen and oxygen atoms in total. The van der Waals surface area contributed by atoms with Crippen LogP contribution in [-0.4, -0.2) is 21.2 Å². The Hall–Kier alpha value is -2.60. The Kier molecular flexibility index (Phi) is 5.46. The molecule has 1 aliphatic carbocycles. The van der Waals surface area contributed by atoms with Crippen LogP contribution in [0.2, 0.25) is 0 Å². The van der Waals surface area contributed by atoms with Gasteiger partial charge in [-0.15, -0.1) is 0 Å². The number of hydrogen-bond acceptors (Lipinski definition) is 3. The predicted molar refractivity (Wildman–Crippen MR) is 110 cm³/mol. The molecule has 29 heavy (non-hydrogen) atoms. The molecule has 4 rings (SSSR count). The number of benzene rings is 2. The molecule has 2 N–H and O–H groups in total. The maximum atomic E-state index is 14.7. The Morgan fingerprint density at radius 1 is 1.03 bits per heavy atom. The maximum absolute atomic E-state index is 14.7. The summed E-state index contributed by atoms with van der Waals surface area (Å²) in [6, 6.07) is 10.5. The topological polar surface area (TPSA) is 53.6 Å². The summed E-state index contributed by atoms with van der Waals surface area (Å²) in [6.07, 6.45) is 5.79. The quantitative estimate of drug-likeness (QED) is 0.601. The molecule has 1 fully saturated rings. The molecular formula is C23H26F2N4. The lowest BCUT2D eigenvalue weighted by molar-refractivity contribution is 0.205. The lowest BCUT2D eigenvalue weighted by atomic mass is 9.75. The number of aromatic nitrogens is 3. The van der Waals surface area contributed by atoms with Crippen LogP contribution in [0, 0.1) is 17.0 Å². The summed E-state index contributed by atoms with van der Waals surface area (Å²) in [5, 5.41) is 9.99. The van der Waals surface area contributed by atoms with Gasteiger partial charge in [-0.1, -0.05) is 32.0 Å². The van der Waals surface area contributed by atoms with Crippen LogP contribution in [0.15, 0.2) is 42.7 Å². The van der Waals surface area contributed by atoms with E-state index in [2.05, 4.69) is 34.3 Å². The van der Waals surface area contributed by atoms with E-state index >= 15 is 0 Å². The molecule has 0 radical (unpaired) electrons. The van der Waals surface area contributed by atoms with Gasteiger partial charge in [0.05, 0.1) is 0 Å². The highest BCUT2D eigenvalue weighted by molar-refractivity contribution is 5.70. The molecule has 0 amide bonds. The van der Waals surface area contributed by atoms with E-state index in [-0.39, 0.29) is 12.1 Å². The van der Waals surface area contributed by atoms with Crippen LogP contribution in [0.25, 0.3) is 22.5 Å². The summed E-state index contributed by atoms with van der Waals surface area (Å²) in [5.74, 6) is -0.424. The average molecular weight is 396 g/mol. The minimum absolute atomic E-state index is 0.102. The molecule has 0 spiro atoms. The first-order valence-corrected chi connectivity index (χ1v) is 10.1. The largest absolute Gasteiger partial charge is 0.310 e. The number of hydrogen-bond donors (Lipinski definition) is 2. The van der Waals surface area contributed by atoms with Crippen LogP contribution in [0.5, 0.6) is 0 Å². The zero-order chi connectivity index (χ0) is 20.4. The fraction of sp³-hybridized carbons (Fsp3) is 0.391. The lowest BCUT2D eigenvalue weighted by Crippen LogP contribution is -2.35. The Morgan fingerprint density at radius 3 is 2.38 bits per heavy atom. The summed E-state index contributed by atoms with van der Waals surface area (Å²) in [6.45, 7) is 4.76. The summed E-state index contributed by atoms with van der Waals surface area (Å²) in [7, 11) is 0. The van der Waals surface area contributed by atoms with Crippen molar-refractivity contribution >= 4 is 0 Å². The van der Waals surface area contributed by atoms with E-state index < -0.39 is 11.6 Å². The second-order valence-electron chi connectivity index (χ2n) is 8.65. The second-order valence-corrected chi connectivity index (χ2v) is 8.65. The Labute approximate surface area is 169 Å². The van der Waals surface area contributed by atoms with Gasteiger partial charge in [-0.3, -0.25) is 5.10 Å².